The molecule has 0 unspecified atom stereocenters. The molecule has 1 N–H and O–H groups in total. The number of alkyl halides is 1. The van der Waals surface area contributed by atoms with Crippen molar-refractivity contribution in [2.75, 3.05) is 10.8 Å². The third-order valence-corrected chi connectivity index (χ3v) is 2.02. The average Bonchev–Trinajstić information content (AvgIpc) is 2.29. The van der Waals surface area contributed by atoms with Gasteiger partial charge in [0.1, 0.15) is 5.69 Å². The maximum Gasteiger partial charge on any atom is 0.301 e. The van der Waals surface area contributed by atoms with Crippen LogP contribution in [-0.4, -0.2) is 21.4 Å². The van der Waals surface area contributed by atoms with Crippen LogP contribution in [0, 0.1) is 20.2 Å². The van der Waals surface area contributed by atoms with Gasteiger partial charge in [0.2, 0.25) is 0 Å². The van der Waals surface area contributed by atoms with Crippen molar-refractivity contribution in [3.05, 3.63) is 38.4 Å². The summed E-state index contributed by atoms with van der Waals surface area (Å²) in [6.07, 6.45) is 1.45. The fraction of sp³-hybridized carbons (Fsp3) is 0.125. The molecule has 0 spiro atoms. The van der Waals surface area contributed by atoms with E-state index in [4.69, 9.17) is 0 Å². The van der Waals surface area contributed by atoms with Crippen molar-refractivity contribution in [3.8, 4) is 0 Å². The first-order valence-corrected chi connectivity index (χ1v) is 5.44. The number of hydrogen-bond donors (Lipinski definition) is 1. The third kappa shape index (κ3) is 3.48. The first kappa shape index (κ1) is 13.0. The van der Waals surface area contributed by atoms with Gasteiger partial charge in [0, 0.05) is 17.6 Å². The van der Waals surface area contributed by atoms with Gasteiger partial charge in [-0.25, -0.2) is 0 Å². The molecule has 0 aliphatic heterocycles. The van der Waals surface area contributed by atoms with Crippen LogP contribution in [0.3, 0.4) is 0 Å². The predicted molar refractivity (Wildman–Crippen MR) is 65.7 cm³/mol. The molecule has 90 valence electrons. The fourth-order valence-electron chi connectivity index (χ4n) is 1.03. The molecule has 0 aliphatic carbocycles. The normalized spacial score (nSPS) is 10.4. The van der Waals surface area contributed by atoms with Gasteiger partial charge in [-0.15, -0.1) is 0 Å². The lowest BCUT2D eigenvalue weighted by atomic mass is 10.2. The van der Waals surface area contributed by atoms with Crippen LogP contribution >= 0.6 is 15.9 Å². The third-order valence-electron chi connectivity index (χ3n) is 1.73. The largest absolute Gasteiger partial charge is 0.301 e. The lowest BCUT2D eigenvalue weighted by molar-refractivity contribution is -0.393. The lowest BCUT2D eigenvalue weighted by Gasteiger charge is -2.01. The van der Waals surface area contributed by atoms with Gasteiger partial charge in [-0.1, -0.05) is 15.9 Å². The predicted octanol–water partition coefficient (Wildman–Crippen LogP) is 2.30. The summed E-state index contributed by atoms with van der Waals surface area (Å²) < 4.78 is 0. The lowest BCUT2D eigenvalue weighted by Crippen LogP contribution is -1.98. The van der Waals surface area contributed by atoms with Gasteiger partial charge >= 0.3 is 5.69 Å². The van der Waals surface area contributed by atoms with Crippen LogP contribution in [0.25, 0.3) is 0 Å². The molecule has 0 radical (unpaired) electrons. The number of hydrogen-bond acceptors (Lipinski definition) is 6. The first-order chi connectivity index (χ1) is 8.06. The minimum atomic E-state index is -0.709. The molecule has 0 aromatic heterocycles. The number of hydrazone groups is 1. The number of halogens is 1. The van der Waals surface area contributed by atoms with Crippen LogP contribution < -0.4 is 5.43 Å². The summed E-state index contributed by atoms with van der Waals surface area (Å²) in [5.41, 5.74) is 1.79. The molecule has 0 heterocycles. The van der Waals surface area contributed by atoms with E-state index in [0.29, 0.717) is 5.33 Å². The minimum Gasteiger partial charge on any atom is -0.272 e. The summed E-state index contributed by atoms with van der Waals surface area (Å²) >= 11 is 3.09. The van der Waals surface area contributed by atoms with Crippen LogP contribution in [0.4, 0.5) is 17.1 Å². The molecular formula is C8H7BrN4O4. The van der Waals surface area contributed by atoms with Crippen molar-refractivity contribution in [1.82, 2.24) is 0 Å². The molecule has 0 atom stereocenters. The zero-order valence-corrected chi connectivity index (χ0v) is 9.96. The molecule has 0 amide bonds. The molecule has 0 bridgehead atoms. The summed E-state index contributed by atoms with van der Waals surface area (Å²) in [5.74, 6) is 0. The van der Waals surface area contributed by atoms with E-state index < -0.39 is 15.5 Å². The van der Waals surface area contributed by atoms with Gasteiger partial charge in [0.15, 0.2) is 0 Å². The van der Waals surface area contributed by atoms with E-state index in [2.05, 4.69) is 26.5 Å². The number of nitrogens with zero attached hydrogens (tertiary/aromatic N) is 3. The zero-order valence-electron chi connectivity index (χ0n) is 8.37. The molecule has 0 aliphatic rings. The molecule has 0 saturated heterocycles. The van der Waals surface area contributed by atoms with Crippen LogP contribution in [0.1, 0.15) is 0 Å². The number of nitro benzene ring substituents is 2. The Labute approximate surface area is 104 Å². The van der Waals surface area contributed by atoms with E-state index in [1.807, 2.05) is 0 Å². The number of anilines is 1. The minimum absolute atomic E-state index is 0.0952. The molecule has 0 fully saturated rings. The van der Waals surface area contributed by atoms with Gasteiger partial charge in [-0.3, -0.25) is 25.7 Å². The van der Waals surface area contributed by atoms with Crippen molar-refractivity contribution in [2.24, 2.45) is 5.10 Å². The van der Waals surface area contributed by atoms with E-state index in [1.54, 1.807) is 0 Å². The maximum absolute atomic E-state index is 10.7. The van der Waals surface area contributed by atoms with Gasteiger partial charge in [-0.2, -0.15) is 5.10 Å². The summed E-state index contributed by atoms with van der Waals surface area (Å²) in [6, 6.07) is 3.28. The summed E-state index contributed by atoms with van der Waals surface area (Å²) in [5, 5.41) is 25.4. The van der Waals surface area contributed by atoms with Crippen LogP contribution in [-0.2, 0) is 0 Å². The molecular weight excluding hydrogens is 296 g/mol. The highest BCUT2D eigenvalue weighted by molar-refractivity contribution is 9.09. The highest BCUT2D eigenvalue weighted by Crippen LogP contribution is 2.28. The number of non-ortho nitro benzene ring substituents is 1. The SMILES string of the molecule is O=[N+]([O-])c1ccc(NN=CCBr)c([N+](=O)[O-])c1. The molecule has 1 aromatic carbocycles. The van der Waals surface area contributed by atoms with Gasteiger partial charge < -0.3 is 0 Å². The summed E-state index contributed by atoms with van der Waals surface area (Å²) in [6.45, 7) is 0. The molecule has 0 saturated carbocycles. The second kappa shape index (κ2) is 5.89. The van der Waals surface area contributed by atoms with Gasteiger partial charge in [0.05, 0.1) is 15.9 Å². The second-order valence-electron chi connectivity index (χ2n) is 2.79. The Bertz CT molecular complexity index is 477. The Morgan fingerprint density at radius 3 is 2.59 bits per heavy atom. The Hall–Kier alpha value is -2.03. The Morgan fingerprint density at radius 1 is 1.35 bits per heavy atom. The fourth-order valence-corrected chi connectivity index (χ4v) is 1.17. The maximum atomic E-state index is 10.7. The first-order valence-electron chi connectivity index (χ1n) is 4.32. The Morgan fingerprint density at radius 2 is 2.06 bits per heavy atom. The van der Waals surface area contributed by atoms with Crippen molar-refractivity contribution >= 4 is 39.2 Å². The number of nitrogens with one attached hydrogen (secondary N) is 1. The van der Waals surface area contributed by atoms with Crippen molar-refractivity contribution in [1.29, 1.82) is 0 Å². The van der Waals surface area contributed by atoms with Crippen molar-refractivity contribution in [2.45, 2.75) is 0 Å². The zero-order chi connectivity index (χ0) is 12.8. The van der Waals surface area contributed by atoms with Crippen molar-refractivity contribution < 1.29 is 9.85 Å². The second-order valence-corrected chi connectivity index (χ2v) is 3.44. The summed E-state index contributed by atoms with van der Waals surface area (Å²) in [4.78, 5) is 19.8. The highest BCUT2D eigenvalue weighted by atomic mass is 79.9. The van der Waals surface area contributed by atoms with Crippen LogP contribution in [0.5, 0.6) is 0 Å². The summed E-state index contributed by atoms with van der Waals surface area (Å²) in [7, 11) is 0. The van der Waals surface area contributed by atoms with Gasteiger partial charge in [-0.05, 0) is 6.07 Å². The molecule has 17 heavy (non-hydrogen) atoms. The smallest absolute Gasteiger partial charge is 0.272 e. The monoisotopic (exact) mass is 302 g/mol. The number of nitro groups is 2. The molecule has 8 nitrogen and oxygen atoms in total. The molecule has 9 heteroatoms. The van der Waals surface area contributed by atoms with Crippen LogP contribution in [0.2, 0.25) is 0 Å². The quantitative estimate of drug-likeness (QED) is 0.388. The van der Waals surface area contributed by atoms with E-state index in [1.165, 1.54) is 18.3 Å². The van der Waals surface area contributed by atoms with Gasteiger partial charge in [0.25, 0.3) is 5.69 Å². The molecule has 1 aromatic rings. The number of benzene rings is 1. The van der Waals surface area contributed by atoms with E-state index in [0.717, 1.165) is 6.07 Å². The van der Waals surface area contributed by atoms with Crippen LogP contribution in [0.15, 0.2) is 23.3 Å². The standard InChI is InChI=1S/C8H7BrN4O4/c9-3-4-10-11-7-2-1-6(12(14)15)5-8(7)13(16)17/h1-2,4-5,11H,3H2. The molecule has 1 rings (SSSR count). The Kier molecular flexibility index (Phi) is 4.52. The van der Waals surface area contributed by atoms with E-state index in [9.17, 15) is 20.2 Å². The van der Waals surface area contributed by atoms with Crippen molar-refractivity contribution in [3.63, 3.8) is 0 Å². The number of rotatable bonds is 5. The average molecular weight is 303 g/mol. The van der Waals surface area contributed by atoms with E-state index >= 15 is 0 Å². The highest BCUT2D eigenvalue weighted by Gasteiger charge is 2.18. The Balaban J connectivity index is 3.08. The van der Waals surface area contributed by atoms with E-state index in [-0.39, 0.29) is 11.4 Å². The topological polar surface area (TPSA) is 111 Å².